The van der Waals surface area contributed by atoms with Crippen LogP contribution >= 0.6 is 11.8 Å². The fraction of sp³-hybridized carbons (Fsp3) is 0.231. The van der Waals surface area contributed by atoms with Crippen LogP contribution in [0.4, 0.5) is 0 Å². The van der Waals surface area contributed by atoms with Crippen molar-refractivity contribution in [2.24, 2.45) is 5.73 Å². The van der Waals surface area contributed by atoms with Crippen LogP contribution in [0.15, 0.2) is 41.0 Å². The van der Waals surface area contributed by atoms with Crippen LogP contribution < -0.4 is 5.73 Å². The number of fused-ring (bicyclic) bond motifs is 1. The quantitative estimate of drug-likeness (QED) is 0.710. The van der Waals surface area contributed by atoms with E-state index in [0.29, 0.717) is 5.65 Å². The molecule has 3 heterocycles. The zero-order valence-electron chi connectivity index (χ0n) is 10.9. The van der Waals surface area contributed by atoms with E-state index in [1.165, 1.54) is 18.1 Å². The predicted molar refractivity (Wildman–Crippen MR) is 77.4 cm³/mol. The number of nitrogens with one attached hydrogen (secondary N) is 1. The van der Waals surface area contributed by atoms with Crippen molar-refractivity contribution in [2.75, 3.05) is 0 Å². The Morgan fingerprint density at radius 1 is 1.25 bits per heavy atom. The summed E-state index contributed by atoms with van der Waals surface area (Å²) < 4.78 is 0. The van der Waals surface area contributed by atoms with Crippen molar-refractivity contribution in [1.29, 1.82) is 0 Å². The molecule has 0 fully saturated rings. The van der Waals surface area contributed by atoms with Gasteiger partial charge in [-0.1, -0.05) is 6.07 Å². The van der Waals surface area contributed by atoms with Gasteiger partial charge in [0, 0.05) is 12.2 Å². The van der Waals surface area contributed by atoms with Gasteiger partial charge in [-0.05, 0) is 36.7 Å². The molecule has 0 radical (unpaired) electrons. The van der Waals surface area contributed by atoms with Gasteiger partial charge in [-0.3, -0.25) is 0 Å². The van der Waals surface area contributed by atoms with E-state index in [0.717, 1.165) is 27.6 Å². The van der Waals surface area contributed by atoms with Gasteiger partial charge in [0.1, 0.15) is 21.9 Å². The van der Waals surface area contributed by atoms with E-state index in [-0.39, 0.29) is 6.04 Å². The second kappa shape index (κ2) is 5.56. The van der Waals surface area contributed by atoms with Crippen molar-refractivity contribution in [2.45, 2.75) is 29.4 Å². The minimum absolute atomic E-state index is 0.0936. The molecule has 0 aliphatic carbocycles. The van der Waals surface area contributed by atoms with Crippen LogP contribution in [-0.2, 0) is 6.42 Å². The van der Waals surface area contributed by atoms with Crippen LogP contribution in [0.2, 0.25) is 0 Å². The number of nitrogens with zero attached hydrogens (tertiary/aromatic N) is 4. The number of nitrogens with two attached hydrogens (primary N) is 1. The van der Waals surface area contributed by atoms with Gasteiger partial charge in [-0.2, -0.15) is 0 Å². The molecule has 20 heavy (non-hydrogen) atoms. The molecule has 0 spiro atoms. The number of H-pyrrole nitrogens is 1. The van der Waals surface area contributed by atoms with Gasteiger partial charge in [0.2, 0.25) is 0 Å². The molecule has 7 heteroatoms. The average Bonchev–Trinajstić information content (AvgIpc) is 2.90. The molecule has 0 bridgehead atoms. The first-order valence-corrected chi connectivity index (χ1v) is 7.07. The molecule has 0 aliphatic rings. The molecular formula is C13H14N6S. The number of hydrogen-bond donors (Lipinski definition) is 2. The van der Waals surface area contributed by atoms with Crippen LogP contribution in [0.3, 0.4) is 0 Å². The Morgan fingerprint density at radius 3 is 3.00 bits per heavy atom. The summed E-state index contributed by atoms with van der Waals surface area (Å²) >= 11 is 1.50. The molecular weight excluding hydrogens is 272 g/mol. The van der Waals surface area contributed by atoms with Gasteiger partial charge in [-0.25, -0.2) is 19.9 Å². The summed E-state index contributed by atoms with van der Waals surface area (Å²) in [5.74, 6) is 0. The first kappa shape index (κ1) is 13.0. The number of aromatic amines is 1. The van der Waals surface area contributed by atoms with Gasteiger partial charge in [0.25, 0.3) is 0 Å². The summed E-state index contributed by atoms with van der Waals surface area (Å²) in [6, 6.07) is 4.06. The fourth-order valence-electron chi connectivity index (χ4n) is 1.93. The third kappa shape index (κ3) is 2.63. The Bertz CT molecular complexity index is 723. The summed E-state index contributed by atoms with van der Waals surface area (Å²) in [5.41, 5.74) is 8.49. The van der Waals surface area contributed by atoms with Crippen LogP contribution in [0.25, 0.3) is 11.2 Å². The lowest BCUT2D eigenvalue weighted by atomic mass is 10.1. The second-order valence-electron chi connectivity index (χ2n) is 4.53. The van der Waals surface area contributed by atoms with Crippen molar-refractivity contribution < 1.29 is 0 Å². The summed E-state index contributed by atoms with van der Waals surface area (Å²) in [5, 5.41) is 1.73. The zero-order chi connectivity index (χ0) is 13.9. The van der Waals surface area contributed by atoms with Gasteiger partial charge < -0.3 is 10.7 Å². The highest BCUT2D eigenvalue weighted by atomic mass is 32.2. The minimum Gasteiger partial charge on any atom is -0.341 e. The van der Waals surface area contributed by atoms with Crippen LogP contribution in [0.5, 0.6) is 0 Å². The second-order valence-corrected chi connectivity index (χ2v) is 5.51. The van der Waals surface area contributed by atoms with Crippen LogP contribution in [0.1, 0.15) is 12.5 Å². The topological polar surface area (TPSA) is 93.4 Å². The highest BCUT2D eigenvalue weighted by Crippen LogP contribution is 2.30. The Morgan fingerprint density at radius 2 is 2.15 bits per heavy atom. The van der Waals surface area contributed by atoms with Crippen molar-refractivity contribution in [3.63, 3.8) is 0 Å². The van der Waals surface area contributed by atoms with E-state index in [1.807, 2.05) is 19.1 Å². The lowest BCUT2D eigenvalue weighted by Crippen LogP contribution is -2.18. The van der Waals surface area contributed by atoms with Crippen molar-refractivity contribution in [3.8, 4) is 0 Å². The van der Waals surface area contributed by atoms with Gasteiger partial charge in [0.15, 0.2) is 5.65 Å². The molecule has 3 aromatic rings. The van der Waals surface area contributed by atoms with Crippen molar-refractivity contribution >= 4 is 22.9 Å². The summed E-state index contributed by atoms with van der Waals surface area (Å²) in [6.45, 7) is 1.99. The Labute approximate surface area is 120 Å². The number of pyridine rings is 1. The fourth-order valence-corrected chi connectivity index (χ4v) is 2.86. The molecule has 0 aromatic carbocycles. The maximum atomic E-state index is 5.88. The monoisotopic (exact) mass is 286 g/mol. The molecule has 3 N–H and O–H groups in total. The molecule has 6 nitrogen and oxygen atoms in total. The highest BCUT2D eigenvalue weighted by molar-refractivity contribution is 7.99. The molecule has 0 aliphatic heterocycles. The predicted octanol–water partition coefficient (Wildman–Crippen LogP) is 1.79. The number of hydrogen-bond acceptors (Lipinski definition) is 6. The Hall–Kier alpha value is -1.99. The smallest absolute Gasteiger partial charge is 0.181 e. The molecule has 0 saturated carbocycles. The van der Waals surface area contributed by atoms with E-state index in [2.05, 4.69) is 24.9 Å². The molecule has 3 aromatic heterocycles. The highest BCUT2D eigenvalue weighted by Gasteiger charge is 2.12. The van der Waals surface area contributed by atoms with Gasteiger partial charge >= 0.3 is 0 Å². The molecule has 0 amide bonds. The first-order chi connectivity index (χ1) is 9.74. The molecule has 102 valence electrons. The number of rotatable bonds is 4. The largest absolute Gasteiger partial charge is 0.341 e. The van der Waals surface area contributed by atoms with Crippen LogP contribution in [-0.4, -0.2) is 31.0 Å². The Balaban J connectivity index is 1.97. The third-order valence-corrected chi connectivity index (χ3v) is 3.84. The normalized spacial score (nSPS) is 12.7. The summed E-state index contributed by atoms with van der Waals surface area (Å²) in [7, 11) is 0. The first-order valence-electron chi connectivity index (χ1n) is 6.25. The minimum atomic E-state index is 0.0936. The van der Waals surface area contributed by atoms with Crippen LogP contribution in [0, 0.1) is 0 Å². The van der Waals surface area contributed by atoms with Gasteiger partial charge in [-0.15, -0.1) is 0 Å². The number of aromatic nitrogens is 5. The SMILES string of the molecule is CC(N)Cc1cccnc1Sc1ncnc2nc[nH]c12. The lowest BCUT2D eigenvalue weighted by molar-refractivity contribution is 0.722. The van der Waals surface area contributed by atoms with E-state index in [1.54, 1.807) is 12.5 Å². The van der Waals surface area contributed by atoms with E-state index < -0.39 is 0 Å². The maximum Gasteiger partial charge on any atom is 0.181 e. The maximum absolute atomic E-state index is 5.88. The van der Waals surface area contributed by atoms with E-state index in [9.17, 15) is 0 Å². The molecule has 1 unspecified atom stereocenters. The van der Waals surface area contributed by atoms with E-state index >= 15 is 0 Å². The van der Waals surface area contributed by atoms with E-state index in [4.69, 9.17) is 5.73 Å². The Kier molecular flexibility index (Phi) is 3.62. The standard InChI is InChI=1S/C13H14N6S/c1-8(14)5-9-3-2-4-15-12(9)20-13-10-11(17-6-16-10)18-7-19-13/h2-4,6-8H,5,14H2,1H3,(H,16,17,18,19). The van der Waals surface area contributed by atoms with Crippen molar-refractivity contribution in [3.05, 3.63) is 36.5 Å². The molecule has 1 atom stereocenters. The summed E-state index contributed by atoms with van der Waals surface area (Å²) in [4.78, 5) is 20.0. The third-order valence-electron chi connectivity index (χ3n) is 2.77. The molecule has 3 rings (SSSR count). The zero-order valence-corrected chi connectivity index (χ0v) is 11.8. The lowest BCUT2D eigenvalue weighted by Gasteiger charge is -2.09. The number of imidazole rings is 1. The summed E-state index contributed by atoms with van der Waals surface area (Å²) in [6.07, 6.45) is 5.69. The molecule has 0 saturated heterocycles. The average molecular weight is 286 g/mol. The van der Waals surface area contributed by atoms with Crippen molar-refractivity contribution in [1.82, 2.24) is 24.9 Å². The van der Waals surface area contributed by atoms with Gasteiger partial charge in [0.05, 0.1) is 6.33 Å².